The van der Waals surface area contributed by atoms with Gasteiger partial charge in [-0.25, -0.2) is 9.59 Å². The molecule has 0 spiro atoms. The van der Waals surface area contributed by atoms with E-state index in [1.54, 1.807) is 0 Å². The maximum absolute atomic E-state index is 9.55. The predicted octanol–water partition coefficient (Wildman–Crippen LogP) is 2.26. The molecular weight excluding hydrogens is 374 g/mol. The van der Waals surface area contributed by atoms with Crippen molar-refractivity contribution in [2.45, 2.75) is 19.9 Å². The van der Waals surface area contributed by atoms with E-state index >= 15 is 0 Å². The van der Waals surface area contributed by atoms with Crippen LogP contribution in [-0.4, -0.2) is 57.4 Å². The number of aromatic nitrogens is 2. The van der Waals surface area contributed by atoms with Crippen LogP contribution in [-0.2, 0) is 9.59 Å². The van der Waals surface area contributed by atoms with Gasteiger partial charge in [0.05, 0.1) is 18.8 Å². The van der Waals surface area contributed by atoms with Crippen molar-refractivity contribution in [1.29, 1.82) is 0 Å². The molecule has 1 aromatic carbocycles. The molecule has 1 aromatic heterocycles. The number of amidine groups is 1. The van der Waals surface area contributed by atoms with Gasteiger partial charge in [0, 0.05) is 42.2 Å². The van der Waals surface area contributed by atoms with Gasteiger partial charge in [-0.1, -0.05) is 18.2 Å². The van der Waals surface area contributed by atoms with Crippen molar-refractivity contribution < 1.29 is 19.8 Å². The smallest absolute Gasteiger partial charge is 0.328 e. The van der Waals surface area contributed by atoms with E-state index in [1.165, 1.54) is 5.56 Å². The second-order valence-electron chi connectivity index (χ2n) is 6.42. The zero-order valence-corrected chi connectivity index (χ0v) is 16.4. The summed E-state index contributed by atoms with van der Waals surface area (Å²) in [4.78, 5) is 23.5. The topological polar surface area (TPSA) is 129 Å². The first kappa shape index (κ1) is 21.7. The monoisotopic (exact) mass is 399 g/mol. The van der Waals surface area contributed by atoms with E-state index < -0.39 is 11.9 Å². The summed E-state index contributed by atoms with van der Waals surface area (Å²) in [5.74, 6) is -1.48. The van der Waals surface area contributed by atoms with E-state index in [0.717, 1.165) is 36.9 Å². The van der Waals surface area contributed by atoms with Crippen molar-refractivity contribution in [3.63, 3.8) is 0 Å². The van der Waals surface area contributed by atoms with Gasteiger partial charge in [0.1, 0.15) is 5.84 Å². The third kappa shape index (κ3) is 6.80. The number of rotatable bonds is 7. The van der Waals surface area contributed by atoms with Crippen LogP contribution in [0.15, 0.2) is 53.7 Å². The molecule has 9 heteroatoms. The number of aliphatic carboxylic acids is 2. The Bertz CT molecular complexity index is 886. The van der Waals surface area contributed by atoms with Gasteiger partial charge in [0.25, 0.3) is 0 Å². The number of benzene rings is 1. The molecule has 2 heterocycles. The number of hydrogen-bond acceptors (Lipinski definition) is 6. The molecule has 1 aliphatic heterocycles. The van der Waals surface area contributed by atoms with Crippen LogP contribution in [0.2, 0.25) is 0 Å². The third-order valence-corrected chi connectivity index (χ3v) is 3.92. The second kappa shape index (κ2) is 10.6. The minimum atomic E-state index is -1.26. The summed E-state index contributed by atoms with van der Waals surface area (Å²) in [6, 6.07) is 10.7. The van der Waals surface area contributed by atoms with Crippen LogP contribution in [0.3, 0.4) is 0 Å². The maximum atomic E-state index is 9.55. The van der Waals surface area contributed by atoms with Crippen LogP contribution in [0, 0.1) is 0 Å². The van der Waals surface area contributed by atoms with Crippen LogP contribution in [0.25, 0.3) is 11.3 Å². The zero-order chi connectivity index (χ0) is 21.2. The molecule has 0 atom stereocenters. The summed E-state index contributed by atoms with van der Waals surface area (Å²) in [5.41, 5.74) is 3.41. The number of hydrogen-bond donors (Lipinski definition) is 4. The van der Waals surface area contributed by atoms with Crippen LogP contribution < -0.4 is 10.6 Å². The molecule has 0 fully saturated rings. The van der Waals surface area contributed by atoms with Gasteiger partial charge >= 0.3 is 11.9 Å². The first-order chi connectivity index (χ1) is 13.9. The second-order valence-corrected chi connectivity index (χ2v) is 6.42. The summed E-state index contributed by atoms with van der Waals surface area (Å²) < 4.78 is 2.05. The molecule has 0 aliphatic carbocycles. The molecule has 0 radical (unpaired) electrons. The van der Waals surface area contributed by atoms with Crippen LogP contribution in [0.4, 0.5) is 5.69 Å². The fraction of sp³-hybridized carbons (Fsp3) is 0.300. The van der Waals surface area contributed by atoms with Gasteiger partial charge in [-0.05, 0) is 26.0 Å². The summed E-state index contributed by atoms with van der Waals surface area (Å²) in [5, 5.41) is 26.8. The Morgan fingerprint density at radius 2 is 1.90 bits per heavy atom. The van der Waals surface area contributed by atoms with Gasteiger partial charge in [-0.3, -0.25) is 9.67 Å². The number of anilines is 1. The molecule has 0 unspecified atom stereocenters. The van der Waals surface area contributed by atoms with Crippen LogP contribution in [0.5, 0.6) is 0 Å². The largest absolute Gasteiger partial charge is 0.478 e. The quantitative estimate of drug-likeness (QED) is 0.526. The molecule has 2 aromatic rings. The standard InChI is InChI=1S/C16H21N5.C4H4O4/c1-12(2)21-15(7-8-20-21)13-5-3-4-6-14(13)19-11-16-17-9-10-18-16;5-3(6)1-2-4(7)8/h3-8,12,19H,9-11H2,1-2H3,(H,17,18);1-2H,(H,5,6)(H,7,8). The summed E-state index contributed by atoms with van der Waals surface area (Å²) in [7, 11) is 0. The van der Waals surface area contributed by atoms with Gasteiger partial charge in [-0.15, -0.1) is 0 Å². The van der Waals surface area contributed by atoms with Gasteiger partial charge in [-0.2, -0.15) is 5.10 Å². The Kier molecular flexibility index (Phi) is 7.96. The van der Waals surface area contributed by atoms with Crippen molar-refractivity contribution in [2.75, 3.05) is 25.0 Å². The number of nitrogens with one attached hydrogen (secondary N) is 2. The maximum Gasteiger partial charge on any atom is 0.328 e. The highest BCUT2D eigenvalue weighted by atomic mass is 16.4. The first-order valence-electron chi connectivity index (χ1n) is 9.16. The average molecular weight is 399 g/mol. The molecule has 154 valence electrons. The van der Waals surface area contributed by atoms with E-state index in [0.29, 0.717) is 18.2 Å². The van der Waals surface area contributed by atoms with Gasteiger partial charge in [0.2, 0.25) is 0 Å². The normalized spacial score (nSPS) is 12.9. The fourth-order valence-electron chi connectivity index (χ4n) is 2.69. The minimum absolute atomic E-state index is 0.337. The molecule has 29 heavy (non-hydrogen) atoms. The lowest BCUT2D eigenvalue weighted by atomic mass is 10.1. The van der Waals surface area contributed by atoms with Gasteiger partial charge in [0.15, 0.2) is 0 Å². The Morgan fingerprint density at radius 3 is 2.48 bits per heavy atom. The van der Waals surface area contributed by atoms with E-state index in [-0.39, 0.29) is 0 Å². The predicted molar refractivity (Wildman–Crippen MR) is 111 cm³/mol. The van der Waals surface area contributed by atoms with Crippen molar-refractivity contribution in [1.82, 2.24) is 15.1 Å². The van der Waals surface area contributed by atoms with E-state index in [2.05, 4.69) is 58.8 Å². The molecule has 0 saturated carbocycles. The fourth-order valence-corrected chi connectivity index (χ4v) is 2.69. The van der Waals surface area contributed by atoms with Crippen LogP contribution in [0.1, 0.15) is 19.9 Å². The number of aliphatic imine (C=N–C) groups is 1. The first-order valence-corrected chi connectivity index (χ1v) is 9.16. The van der Waals surface area contributed by atoms with Gasteiger partial charge < -0.3 is 20.8 Å². The number of carboxylic acids is 2. The molecule has 9 nitrogen and oxygen atoms in total. The lowest BCUT2D eigenvalue weighted by molar-refractivity contribution is -0.134. The van der Waals surface area contributed by atoms with Crippen LogP contribution >= 0.6 is 0 Å². The Hall–Kier alpha value is -3.62. The molecule has 1 aliphatic rings. The summed E-state index contributed by atoms with van der Waals surface area (Å²) in [6.07, 6.45) is 2.97. The van der Waals surface area contributed by atoms with Crippen molar-refractivity contribution in [3.05, 3.63) is 48.7 Å². The third-order valence-electron chi connectivity index (χ3n) is 3.92. The van der Waals surface area contributed by atoms with E-state index in [1.807, 2.05) is 16.9 Å². The highest BCUT2D eigenvalue weighted by molar-refractivity contribution is 5.90. The van der Waals surface area contributed by atoms with Crippen molar-refractivity contribution in [3.8, 4) is 11.3 Å². The van der Waals surface area contributed by atoms with Crippen molar-refractivity contribution in [2.24, 2.45) is 4.99 Å². The Morgan fingerprint density at radius 1 is 1.21 bits per heavy atom. The number of para-hydroxylation sites is 1. The van der Waals surface area contributed by atoms with E-state index in [4.69, 9.17) is 10.2 Å². The summed E-state index contributed by atoms with van der Waals surface area (Å²) >= 11 is 0. The Balaban J connectivity index is 0.000000321. The highest BCUT2D eigenvalue weighted by Crippen LogP contribution is 2.29. The minimum Gasteiger partial charge on any atom is -0.478 e. The molecule has 0 saturated heterocycles. The molecule has 3 rings (SSSR count). The lowest BCUT2D eigenvalue weighted by Gasteiger charge is -2.15. The van der Waals surface area contributed by atoms with E-state index in [9.17, 15) is 9.59 Å². The zero-order valence-electron chi connectivity index (χ0n) is 16.4. The van der Waals surface area contributed by atoms with Crippen molar-refractivity contribution >= 4 is 23.5 Å². The molecule has 0 amide bonds. The molecule has 4 N–H and O–H groups in total. The lowest BCUT2D eigenvalue weighted by Crippen LogP contribution is -2.26. The average Bonchev–Trinajstić information content (AvgIpc) is 3.37. The number of carboxylic acid groups (broad SMARTS) is 2. The number of nitrogens with zero attached hydrogens (tertiary/aromatic N) is 3. The molecular formula is C20H25N5O4. The summed E-state index contributed by atoms with van der Waals surface area (Å²) in [6.45, 7) is 6.83. The molecule has 0 bridgehead atoms. The highest BCUT2D eigenvalue weighted by Gasteiger charge is 2.12. The number of carbonyl (C=O) groups is 2. The Labute approximate surface area is 168 Å². The SMILES string of the molecule is CC(C)n1nccc1-c1ccccc1NCC1=NCCN1.O=C(O)C=CC(=O)O.